The summed E-state index contributed by atoms with van der Waals surface area (Å²) in [5, 5.41) is 3.32. The number of hydrogen-bond donors (Lipinski definition) is 1. The van der Waals surface area contributed by atoms with E-state index in [1.807, 2.05) is 26.0 Å². The Balaban J connectivity index is 1.92. The average Bonchev–Trinajstić information content (AvgIpc) is 2.67. The number of hydrogen-bond acceptors (Lipinski definition) is 4. The standard InChI is InChI=1S/C13H12Br2N2O2S/c1-7-8(2)20-13(16-7)17-12(18)6-19-11-4-3-9(14)5-10(11)15/h3-5H,6H2,1-2H3,(H,16,17,18). The number of nitrogens with one attached hydrogen (secondary N) is 1. The Kier molecular flexibility index (Phi) is 5.17. The topological polar surface area (TPSA) is 51.2 Å². The molecule has 0 aliphatic carbocycles. The summed E-state index contributed by atoms with van der Waals surface area (Å²) in [5.74, 6) is 0.392. The van der Waals surface area contributed by atoms with Gasteiger partial charge in [0.25, 0.3) is 5.91 Å². The molecular weight excluding hydrogens is 408 g/mol. The van der Waals surface area contributed by atoms with Crippen LogP contribution < -0.4 is 10.1 Å². The number of amides is 1. The van der Waals surface area contributed by atoms with Crippen molar-refractivity contribution in [1.82, 2.24) is 4.98 Å². The smallest absolute Gasteiger partial charge is 0.264 e. The molecule has 1 heterocycles. The molecule has 106 valence electrons. The summed E-state index contributed by atoms with van der Waals surface area (Å²) in [5.41, 5.74) is 0.932. The van der Waals surface area contributed by atoms with Gasteiger partial charge in [-0.1, -0.05) is 15.9 Å². The average molecular weight is 420 g/mol. The third-order valence-electron chi connectivity index (χ3n) is 2.53. The lowest BCUT2D eigenvalue weighted by atomic mass is 10.3. The van der Waals surface area contributed by atoms with E-state index in [1.165, 1.54) is 11.3 Å². The summed E-state index contributed by atoms with van der Waals surface area (Å²) in [6, 6.07) is 5.51. The highest BCUT2D eigenvalue weighted by Crippen LogP contribution is 2.28. The first-order valence-electron chi connectivity index (χ1n) is 5.77. The fourth-order valence-corrected chi connectivity index (χ4v) is 3.41. The number of benzene rings is 1. The quantitative estimate of drug-likeness (QED) is 0.803. The fraction of sp³-hybridized carbons (Fsp3) is 0.231. The summed E-state index contributed by atoms with van der Waals surface area (Å²) in [6.07, 6.45) is 0. The number of rotatable bonds is 4. The Morgan fingerprint density at radius 3 is 2.75 bits per heavy atom. The molecule has 20 heavy (non-hydrogen) atoms. The van der Waals surface area contributed by atoms with Crippen molar-refractivity contribution in [2.24, 2.45) is 0 Å². The van der Waals surface area contributed by atoms with Gasteiger partial charge in [0, 0.05) is 9.35 Å². The number of anilines is 1. The number of thiazole rings is 1. The molecule has 0 radical (unpaired) electrons. The predicted molar refractivity (Wildman–Crippen MR) is 87.6 cm³/mol. The van der Waals surface area contributed by atoms with Gasteiger partial charge in [0.2, 0.25) is 0 Å². The summed E-state index contributed by atoms with van der Waals surface area (Å²) in [6.45, 7) is 3.83. The van der Waals surface area contributed by atoms with Crippen molar-refractivity contribution in [3.63, 3.8) is 0 Å². The summed E-state index contributed by atoms with van der Waals surface area (Å²) >= 11 is 8.19. The van der Waals surface area contributed by atoms with Crippen molar-refractivity contribution in [2.75, 3.05) is 11.9 Å². The highest BCUT2D eigenvalue weighted by molar-refractivity contribution is 9.11. The van der Waals surface area contributed by atoms with Crippen molar-refractivity contribution in [1.29, 1.82) is 0 Å². The summed E-state index contributed by atoms with van der Waals surface area (Å²) in [7, 11) is 0. The van der Waals surface area contributed by atoms with E-state index in [9.17, 15) is 4.79 Å². The van der Waals surface area contributed by atoms with Gasteiger partial charge in [-0.2, -0.15) is 0 Å². The Hall–Kier alpha value is -0.920. The normalized spacial score (nSPS) is 10.4. The fourth-order valence-electron chi connectivity index (χ4n) is 1.42. The van der Waals surface area contributed by atoms with Crippen LogP contribution in [0, 0.1) is 13.8 Å². The molecule has 2 rings (SSSR count). The second-order valence-corrected chi connectivity index (χ2v) is 7.05. The van der Waals surface area contributed by atoms with Crippen molar-refractivity contribution in [3.8, 4) is 5.75 Å². The van der Waals surface area contributed by atoms with Gasteiger partial charge in [0.1, 0.15) is 5.75 Å². The van der Waals surface area contributed by atoms with Crippen LogP contribution >= 0.6 is 43.2 Å². The molecule has 0 fully saturated rings. The van der Waals surface area contributed by atoms with Gasteiger partial charge in [-0.3, -0.25) is 10.1 Å². The van der Waals surface area contributed by atoms with E-state index in [2.05, 4.69) is 42.2 Å². The highest BCUT2D eigenvalue weighted by atomic mass is 79.9. The van der Waals surface area contributed by atoms with Crippen LogP contribution in [-0.2, 0) is 4.79 Å². The van der Waals surface area contributed by atoms with Crippen molar-refractivity contribution >= 4 is 54.2 Å². The van der Waals surface area contributed by atoms with Crippen molar-refractivity contribution in [2.45, 2.75) is 13.8 Å². The van der Waals surface area contributed by atoms with Gasteiger partial charge in [-0.05, 0) is 48.0 Å². The van der Waals surface area contributed by atoms with Gasteiger partial charge in [-0.15, -0.1) is 11.3 Å². The van der Waals surface area contributed by atoms with Gasteiger partial charge in [0.15, 0.2) is 11.7 Å². The number of ether oxygens (including phenoxy) is 1. The molecule has 2 aromatic rings. The van der Waals surface area contributed by atoms with Gasteiger partial charge in [0.05, 0.1) is 10.2 Å². The molecule has 0 aliphatic rings. The van der Waals surface area contributed by atoms with Crippen molar-refractivity contribution < 1.29 is 9.53 Å². The Labute approximate surface area is 137 Å². The minimum absolute atomic E-state index is 0.0576. The van der Waals surface area contributed by atoms with Crippen molar-refractivity contribution in [3.05, 3.63) is 37.7 Å². The third kappa shape index (κ3) is 4.04. The number of carbonyl (C=O) groups excluding carboxylic acids is 1. The molecule has 1 aromatic carbocycles. The van der Waals surface area contributed by atoms with Crippen LogP contribution in [0.15, 0.2) is 27.1 Å². The van der Waals surface area contributed by atoms with E-state index in [1.54, 1.807) is 6.07 Å². The molecule has 0 atom stereocenters. The van der Waals surface area contributed by atoms with Crippen LogP contribution in [0.4, 0.5) is 5.13 Å². The van der Waals surface area contributed by atoms with Crippen LogP contribution in [0.5, 0.6) is 5.75 Å². The largest absolute Gasteiger partial charge is 0.483 e. The second kappa shape index (κ2) is 6.69. The maximum absolute atomic E-state index is 11.8. The number of halogens is 2. The third-order valence-corrected chi connectivity index (χ3v) is 4.63. The lowest BCUT2D eigenvalue weighted by Gasteiger charge is -2.07. The van der Waals surface area contributed by atoms with Crippen LogP contribution in [-0.4, -0.2) is 17.5 Å². The second-order valence-electron chi connectivity index (χ2n) is 4.07. The SMILES string of the molecule is Cc1nc(NC(=O)COc2ccc(Br)cc2Br)sc1C. The van der Waals surface area contributed by atoms with E-state index in [-0.39, 0.29) is 12.5 Å². The lowest BCUT2D eigenvalue weighted by molar-refractivity contribution is -0.118. The number of aryl methyl sites for hydroxylation is 2. The first-order chi connectivity index (χ1) is 9.45. The molecule has 1 aromatic heterocycles. The van der Waals surface area contributed by atoms with E-state index in [0.717, 1.165) is 19.5 Å². The molecule has 0 bridgehead atoms. The minimum atomic E-state index is -0.228. The van der Waals surface area contributed by atoms with Crippen LogP contribution in [0.3, 0.4) is 0 Å². The molecular formula is C13H12Br2N2O2S. The first-order valence-corrected chi connectivity index (χ1v) is 8.17. The van der Waals surface area contributed by atoms with Crippen LogP contribution in [0.25, 0.3) is 0 Å². The summed E-state index contributed by atoms with van der Waals surface area (Å²) < 4.78 is 7.19. The Bertz CT molecular complexity index is 624. The Morgan fingerprint density at radius 1 is 1.40 bits per heavy atom. The Morgan fingerprint density at radius 2 is 2.15 bits per heavy atom. The predicted octanol–water partition coefficient (Wildman–Crippen LogP) is 4.30. The minimum Gasteiger partial charge on any atom is -0.483 e. The molecule has 4 nitrogen and oxygen atoms in total. The van der Waals surface area contributed by atoms with Gasteiger partial charge in [-0.25, -0.2) is 4.98 Å². The van der Waals surface area contributed by atoms with Gasteiger partial charge >= 0.3 is 0 Å². The molecule has 0 saturated carbocycles. The van der Waals surface area contributed by atoms with E-state index in [0.29, 0.717) is 10.9 Å². The van der Waals surface area contributed by atoms with E-state index in [4.69, 9.17) is 4.74 Å². The zero-order valence-corrected chi connectivity index (χ0v) is 14.9. The number of carbonyl (C=O) groups is 1. The molecule has 0 unspecified atom stereocenters. The zero-order chi connectivity index (χ0) is 14.7. The molecule has 0 spiro atoms. The van der Waals surface area contributed by atoms with Crippen LogP contribution in [0.1, 0.15) is 10.6 Å². The van der Waals surface area contributed by atoms with E-state index < -0.39 is 0 Å². The molecule has 0 saturated heterocycles. The molecule has 7 heteroatoms. The molecule has 0 aliphatic heterocycles. The molecule has 1 N–H and O–H groups in total. The summed E-state index contributed by atoms with van der Waals surface area (Å²) in [4.78, 5) is 17.1. The maximum atomic E-state index is 11.8. The van der Waals surface area contributed by atoms with Gasteiger partial charge < -0.3 is 4.74 Å². The monoisotopic (exact) mass is 418 g/mol. The first kappa shape index (κ1) is 15.5. The molecule has 1 amide bonds. The highest BCUT2D eigenvalue weighted by Gasteiger charge is 2.09. The zero-order valence-electron chi connectivity index (χ0n) is 10.9. The van der Waals surface area contributed by atoms with E-state index >= 15 is 0 Å². The number of nitrogens with zero attached hydrogens (tertiary/aromatic N) is 1. The maximum Gasteiger partial charge on any atom is 0.264 e. The van der Waals surface area contributed by atoms with Crippen LogP contribution in [0.2, 0.25) is 0 Å². The lowest BCUT2D eigenvalue weighted by Crippen LogP contribution is -2.20. The number of aromatic nitrogens is 1.